The molecule has 1 aliphatic rings. The third kappa shape index (κ3) is 6.48. The molecule has 0 spiro atoms. The number of carboxylic acids is 1. The minimum atomic E-state index is -0.867. The molecule has 3 heterocycles. The summed E-state index contributed by atoms with van der Waals surface area (Å²) < 4.78 is 44.7. The molecule has 3 aromatic carbocycles. The summed E-state index contributed by atoms with van der Waals surface area (Å²) in [4.78, 5) is 18.9. The summed E-state index contributed by atoms with van der Waals surface area (Å²) in [6.45, 7) is 0.452. The van der Waals surface area contributed by atoms with Crippen molar-refractivity contribution in [3.63, 3.8) is 0 Å². The van der Waals surface area contributed by atoms with E-state index in [1.807, 2.05) is 30.3 Å². The Bertz CT molecular complexity index is 1800. The maximum Gasteiger partial charge on any atom is 0.303 e. The number of carboxylic acid groups (broad SMARTS) is 1. The second-order valence-corrected chi connectivity index (χ2v) is 11.9. The van der Waals surface area contributed by atoms with Gasteiger partial charge in [0.05, 0.1) is 5.56 Å². The predicted octanol–water partition coefficient (Wildman–Crippen LogP) is 7.23. The predicted molar refractivity (Wildman–Crippen MR) is 165 cm³/mol. The second kappa shape index (κ2) is 13.2. The van der Waals surface area contributed by atoms with E-state index in [-0.39, 0.29) is 29.3 Å². The molecule has 11 heteroatoms. The van der Waals surface area contributed by atoms with Crippen LogP contribution in [-0.2, 0) is 29.4 Å². The molecule has 2 aromatic heterocycles. The Labute approximate surface area is 257 Å². The van der Waals surface area contributed by atoms with Gasteiger partial charge >= 0.3 is 5.97 Å². The van der Waals surface area contributed by atoms with E-state index < -0.39 is 23.7 Å². The van der Waals surface area contributed by atoms with Crippen molar-refractivity contribution in [1.29, 1.82) is 0 Å². The van der Waals surface area contributed by atoms with E-state index in [2.05, 4.69) is 10.1 Å². The van der Waals surface area contributed by atoms with Gasteiger partial charge in [0.15, 0.2) is 23.2 Å². The molecule has 2 N–H and O–H groups in total. The highest BCUT2D eigenvalue weighted by atomic mass is 32.2. The first-order valence-electron chi connectivity index (χ1n) is 14.5. The molecule has 0 saturated heterocycles. The van der Waals surface area contributed by atoms with Crippen molar-refractivity contribution in [1.82, 2.24) is 19.7 Å². The minimum absolute atomic E-state index is 0.0146. The topological polar surface area (TPSA) is 102 Å². The zero-order valence-electron chi connectivity index (χ0n) is 24.2. The fourth-order valence-electron chi connectivity index (χ4n) is 5.46. The molecule has 4 bridgehead atoms. The molecule has 228 valence electrons. The molecule has 5 aromatic rings. The van der Waals surface area contributed by atoms with Crippen LogP contribution in [0.1, 0.15) is 47.9 Å². The summed E-state index contributed by atoms with van der Waals surface area (Å²) in [6.07, 6.45) is 3.85. The molecule has 0 saturated carbocycles. The molecule has 1 aliphatic heterocycles. The minimum Gasteiger partial charge on any atom is -0.481 e. The Hall–Kier alpha value is -4.22. The van der Waals surface area contributed by atoms with E-state index in [4.69, 9.17) is 19.6 Å². The molecule has 8 nitrogen and oxygen atoms in total. The number of hydrogen-bond acceptors (Lipinski definition) is 6. The van der Waals surface area contributed by atoms with Gasteiger partial charge in [-0.05, 0) is 72.6 Å². The van der Waals surface area contributed by atoms with E-state index >= 15 is 8.78 Å². The lowest BCUT2D eigenvalue weighted by Gasteiger charge is -2.17. The van der Waals surface area contributed by atoms with Crippen molar-refractivity contribution < 1.29 is 28.2 Å². The Kier molecular flexibility index (Phi) is 8.94. The van der Waals surface area contributed by atoms with Crippen molar-refractivity contribution >= 4 is 28.6 Å². The highest BCUT2D eigenvalue weighted by Gasteiger charge is 2.25. The number of aryl methyl sites for hydroxylation is 3. The first-order valence-corrected chi connectivity index (χ1v) is 15.7. The first kappa shape index (κ1) is 29.8. The summed E-state index contributed by atoms with van der Waals surface area (Å²) in [7, 11) is 1.68. The molecule has 1 atom stereocenters. The largest absolute Gasteiger partial charge is 0.481 e. The number of thioether (sulfide) groups is 1. The number of ether oxygens (including phenoxy) is 2. The smallest absolute Gasteiger partial charge is 0.303 e. The highest BCUT2D eigenvalue weighted by molar-refractivity contribution is 7.99. The second-order valence-electron chi connectivity index (χ2n) is 10.7. The van der Waals surface area contributed by atoms with Gasteiger partial charge in [0, 0.05) is 48.8 Å². The average Bonchev–Trinajstić information content (AvgIpc) is 3.63. The number of carbonyl (C=O) groups is 1. The van der Waals surface area contributed by atoms with Crippen molar-refractivity contribution in [2.45, 2.75) is 38.2 Å². The normalized spacial score (nSPS) is 16.1. The SMILES string of the molecule is Cn1nc2nc1-c1cc(ccc1F)Oc1c(F)cc3[nH]ccc3c1CCSCCCCOC2c1cccc(CCC(=O)O)c1. The lowest BCUT2D eigenvalue weighted by atomic mass is 10.0. The van der Waals surface area contributed by atoms with Gasteiger partial charge in [0.25, 0.3) is 0 Å². The number of H-pyrrole nitrogens is 1. The summed E-state index contributed by atoms with van der Waals surface area (Å²) in [6, 6.07) is 15.1. The number of benzene rings is 3. The number of fused-ring (bicyclic) bond motifs is 8. The number of rotatable bonds is 4. The maximum atomic E-state index is 15.4. The van der Waals surface area contributed by atoms with Crippen LogP contribution in [0.5, 0.6) is 11.5 Å². The number of hydrogen-bond donors (Lipinski definition) is 2. The lowest BCUT2D eigenvalue weighted by molar-refractivity contribution is -0.136. The van der Waals surface area contributed by atoms with Crippen LogP contribution in [-0.4, -0.2) is 48.9 Å². The third-order valence-corrected chi connectivity index (χ3v) is 8.69. The van der Waals surface area contributed by atoms with Gasteiger partial charge in [-0.2, -0.15) is 16.9 Å². The molecule has 0 fully saturated rings. The number of aromatic amines is 1. The molecule has 0 aliphatic carbocycles. The molecule has 44 heavy (non-hydrogen) atoms. The summed E-state index contributed by atoms with van der Waals surface area (Å²) in [5.41, 5.74) is 3.26. The summed E-state index contributed by atoms with van der Waals surface area (Å²) in [5, 5.41) is 14.7. The fraction of sp³-hybridized carbons (Fsp3) is 0.303. The van der Waals surface area contributed by atoms with Crippen molar-refractivity contribution in [3.05, 3.63) is 94.9 Å². The van der Waals surface area contributed by atoms with Crippen LogP contribution in [0, 0.1) is 11.6 Å². The third-order valence-electron chi connectivity index (χ3n) is 7.62. The van der Waals surface area contributed by atoms with Crippen LogP contribution in [0.3, 0.4) is 0 Å². The van der Waals surface area contributed by atoms with Gasteiger partial charge in [-0.1, -0.05) is 24.3 Å². The van der Waals surface area contributed by atoms with Crippen molar-refractivity contribution in [2.24, 2.45) is 7.05 Å². The molecular weight excluding hydrogens is 586 g/mol. The van der Waals surface area contributed by atoms with E-state index in [9.17, 15) is 4.79 Å². The number of nitrogens with zero attached hydrogens (tertiary/aromatic N) is 3. The van der Waals surface area contributed by atoms with Gasteiger partial charge in [0.2, 0.25) is 0 Å². The van der Waals surface area contributed by atoms with Crippen LogP contribution in [0.25, 0.3) is 22.3 Å². The van der Waals surface area contributed by atoms with Crippen LogP contribution in [0.4, 0.5) is 8.78 Å². The summed E-state index contributed by atoms with van der Waals surface area (Å²) in [5.74, 6) is 0.817. The van der Waals surface area contributed by atoms with E-state index in [0.29, 0.717) is 30.8 Å². The quantitative estimate of drug-likeness (QED) is 0.219. The van der Waals surface area contributed by atoms with Gasteiger partial charge in [-0.3, -0.25) is 4.79 Å². The zero-order valence-corrected chi connectivity index (χ0v) is 25.0. The van der Waals surface area contributed by atoms with Crippen LogP contribution < -0.4 is 4.74 Å². The Balaban J connectivity index is 1.40. The van der Waals surface area contributed by atoms with Crippen LogP contribution in [0.2, 0.25) is 0 Å². The van der Waals surface area contributed by atoms with Gasteiger partial charge in [-0.25, -0.2) is 18.4 Å². The lowest BCUT2D eigenvalue weighted by Crippen LogP contribution is -2.11. The molecule has 6 rings (SSSR count). The van der Waals surface area contributed by atoms with Gasteiger partial charge in [-0.15, -0.1) is 0 Å². The van der Waals surface area contributed by atoms with E-state index in [1.54, 1.807) is 25.0 Å². The molecule has 0 amide bonds. The molecular formula is C33H32F2N4O4S. The Morgan fingerprint density at radius 3 is 2.86 bits per heavy atom. The first-order chi connectivity index (χ1) is 21.4. The Morgan fingerprint density at radius 1 is 1.11 bits per heavy atom. The molecule has 1 unspecified atom stereocenters. The monoisotopic (exact) mass is 618 g/mol. The standard InChI is InChI=1S/C33H32F2N4O4S/c1-39-33-25-18-22(8-9-26(25)34)43-31-24(23-11-13-36-28(23)19-27(31)35)12-16-44-15-3-2-14-42-30(32(37-33)38-39)21-6-4-5-20(17-21)7-10-29(40)41/h4-6,8-9,11,13,17-19,30,36H,2-3,7,10,12,14-16H2,1H3,(H,40,41). The van der Waals surface area contributed by atoms with E-state index in [1.165, 1.54) is 28.9 Å². The average molecular weight is 619 g/mol. The van der Waals surface area contributed by atoms with Crippen molar-refractivity contribution in [3.8, 4) is 22.9 Å². The zero-order chi connectivity index (χ0) is 30.6. The maximum absolute atomic E-state index is 15.4. The molecule has 0 radical (unpaired) electrons. The Morgan fingerprint density at radius 2 is 2.00 bits per heavy atom. The van der Waals surface area contributed by atoms with Crippen molar-refractivity contribution in [2.75, 3.05) is 18.1 Å². The van der Waals surface area contributed by atoms with Gasteiger partial charge < -0.3 is 19.6 Å². The van der Waals surface area contributed by atoms with E-state index in [0.717, 1.165) is 46.4 Å². The van der Waals surface area contributed by atoms with Crippen LogP contribution in [0.15, 0.2) is 60.8 Å². The highest BCUT2D eigenvalue weighted by Crippen LogP contribution is 2.37. The number of aromatic nitrogens is 4. The van der Waals surface area contributed by atoms with Gasteiger partial charge in [0.1, 0.15) is 17.7 Å². The number of nitrogens with one attached hydrogen (secondary N) is 1. The fourth-order valence-corrected chi connectivity index (χ4v) is 6.42. The van der Waals surface area contributed by atoms with Crippen LogP contribution >= 0.6 is 11.8 Å². The summed E-state index contributed by atoms with van der Waals surface area (Å²) >= 11 is 1.78. The number of aliphatic carboxylic acids is 1. The number of halogens is 2.